The molecule has 1 aliphatic heterocycles. The molecule has 0 radical (unpaired) electrons. The molecule has 1 aliphatic rings. The van der Waals surface area contributed by atoms with Crippen molar-refractivity contribution in [3.8, 4) is 0 Å². The van der Waals surface area contributed by atoms with Gasteiger partial charge in [0.2, 0.25) is 12.4 Å². The van der Waals surface area contributed by atoms with Gasteiger partial charge in [0, 0.05) is 32.6 Å². The molecule has 0 aromatic heterocycles. The van der Waals surface area contributed by atoms with Gasteiger partial charge in [0.1, 0.15) is 0 Å². The van der Waals surface area contributed by atoms with Gasteiger partial charge in [0.25, 0.3) is 0 Å². The Labute approximate surface area is 172 Å². The van der Waals surface area contributed by atoms with Crippen molar-refractivity contribution in [2.75, 3.05) is 0 Å². The zero-order chi connectivity index (χ0) is 21.6. The molecule has 158 valence electrons. The van der Waals surface area contributed by atoms with Crippen LogP contribution in [0.1, 0.15) is 27.7 Å². The highest BCUT2D eigenvalue weighted by atomic mass is 32.2. The maximum atomic E-state index is 11.7. The van der Waals surface area contributed by atoms with Crippen molar-refractivity contribution in [1.82, 2.24) is 0 Å². The third-order valence-corrected chi connectivity index (χ3v) is 4.79. The van der Waals surface area contributed by atoms with Gasteiger partial charge >= 0.3 is 23.9 Å². The van der Waals surface area contributed by atoms with Crippen LogP contribution in [-0.4, -0.2) is 53.9 Å². The molecule has 0 spiro atoms. The summed E-state index contributed by atoms with van der Waals surface area (Å²) < 4.78 is 26.9. The largest absolute Gasteiger partial charge is 0.455 e. The Morgan fingerprint density at radius 3 is 1.72 bits per heavy atom. The summed E-state index contributed by atoms with van der Waals surface area (Å²) in [6.07, 6.45) is -5.07. The van der Waals surface area contributed by atoms with E-state index in [0.717, 1.165) is 25.7 Å². The number of esters is 4. The predicted molar refractivity (Wildman–Crippen MR) is 99.4 cm³/mol. The minimum atomic E-state index is -1.37. The lowest BCUT2D eigenvalue weighted by Gasteiger charge is -2.43. The van der Waals surface area contributed by atoms with Crippen LogP contribution in [-0.2, 0) is 42.9 Å². The first kappa shape index (κ1) is 22.7. The van der Waals surface area contributed by atoms with Crippen molar-refractivity contribution in [3.63, 3.8) is 0 Å². The van der Waals surface area contributed by atoms with Crippen molar-refractivity contribution in [2.45, 2.75) is 62.6 Å². The number of hydrogen-bond donors (Lipinski definition) is 0. The third-order valence-electron chi connectivity index (χ3n) is 3.64. The molecule has 1 aromatic carbocycles. The molecule has 0 unspecified atom stereocenters. The number of ether oxygens (including phenoxy) is 5. The lowest BCUT2D eigenvalue weighted by atomic mass is 10.0. The standard InChI is InChI=1S/C19H22O9S/c1-10(20)24-15-16(25-11(2)21)18(27-13(4)23)28-19(17(15)26-12(3)22)29-14-8-6-5-7-9-14/h5-9,15-19H,1-4H3/t15-,16-,17-,18-,19+/m0/s1. The molecule has 0 saturated carbocycles. The number of hydrogen-bond acceptors (Lipinski definition) is 10. The smallest absolute Gasteiger partial charge is 0.305 e. The second kappa shape index (κ2) is 10.3. The lowest BCUT2D eigenvalue weighted by Crippen LogP contribution is -2.61. The van der Waals surface area contributed by atoms with Crippen molar-refractivity contribution in [1.29, 1.82) is 0 Å². The lowest BCUT2D eigenvalue weighted by molar-refractivity contribution is -0.280. The Bertz CT molecular complexity index is 751. The van der Waals surface area contributed by atoms with E-state index >= 15 is 0 Å². The molecule has 0 bridgehead atoms. The fourth-order valence-corrected chi connectivity index (χ4v) is 3.82. The van der Waals surface area contributed by atoms with Crippen LogP contribution < -0.4 is 0 Å². The van der Waals surface area contributed by atoms with Crippen LogP contribution in [0.2, 0.25) is 0 Å². The molecule has 1 aromatic rings. The molecule has 2 rings (SSSR count). The van der Waals surface area contributed by atoms with Gasteiger partial charge in [-0.05, 0) is 12.1 Å². The first-order chi connectivity index (χ1) is 13.7. The van der Waals surface area contributed by atoms with E-state index < -0.39 is 53.9 Å². The number of carbonyl (C=O) groups excluding carboxylic acids is 4. The predicted octanol–water partition coefficient (Wildman–Crippen LogP) is 1.82. The average molecular weight is 426 g/mol. The summed E-state index contributed by atoms with van der Waals surface area (Å²) in [5.41, 5.74) is -0.915. The van der Waals surface area contributed by atoms with E-state index in [1.807, 2.05) is 6.07 Å². The highest BCUT2D eigenvalue weighted by molar-refractivity contribution is 7.99. The third kappa shape index (κ3) is 6.75. The molecule has 5 atom stereocenters. The van der Waals surface area contributed by atoms with Crippen LogP contribution in [0.5, 0.6) is 0 Å². The summed E-state index contributed by atoms with van der Waals surface area (Å²) in [6.45, 7) is 4.65. The van der Waals surface area contributed by atoms with Gasteiger partial charge in [0.15, 0.2) is 17.6 Å². The summed E-state index contributed by atoms with van der Waals surface area (Å²) in [5.74, 6) is -2.76. The summed E-state index contributed by atoms with van der Waals surface area (Å²) in [7, 11) is 0. The van der Waals surface area contributed by atoms with Crippen LogP contribution in [0.25, 0.3) is 0 Å². The van der Waals surface area contributed by atoms with Gasteiger partial charge in [-0.3, -0.25) is 19.2 Å². The first-order valence-electron chi connectivity index (χ1n) is 8.73. The summed E-state index contributed by atoms with van der Waals surface area (Å²) >= 11 is 1.17. The topological polar surface area (TPSA) is 114 Å². The Balaban J connectivity index is 2.44. The van der Waals surface area contributed by atoms with E-state index in [1.165, 1.54) is 18.7 Å². The quantitative estimate of drug-likeness (QED) is 0.493. The van der Waals surface area contributed by atoms with Crippen LogP contribution in [0.15, 0.2) is 35.2 Å². The summed E-state index contributed by atoms with van der Waals surface area (Å²) in [5, 5.41) is 0. The maximum Gasteiger partial charge on any atom is 0.305 e. The van der Waals surface area contributed by atoms with Gasteiger partial charge < -0.3 is 23.7 Å². The van der Waals surface area contributed by atoms with Crippen molar-refractivity contribution < 1.29 is 42.9 Å². The molecular formula is C19H22O9S. The summed E-state index contributed by atoms with van der Waals surface area (Å²) in [6, 6.07) is 9.05. The van der Waals surface area contributed by atoms with Gasteiger partial charge in [0.05, 0.1) is 0 Å². The molecule has 0 N–H and O–H groups in total. The van der Waals surface area contributed by atoms with Gasteiger partial charge in [-0.15, -0.1) is 0 Å². The van der Waals surface area contributed by atoms with E-state index in [1.54, 1.807) is 24.3 Å². The van der Waals surface area contributed by atoms with Crippen LogP contribution in [0.4, 0.5) is 0 Å². The number of thioether (sulfide) groups is 1. The van der Waals surface area contributed by atoms with E-state index in [4.69, 9.17) is 23.7 Å². The first-order valence-corrected chi connectivity index (χ1v) is 9.61. The van der Waals surface area contributed by atoms with Crippen LogP contribution in [0.3, 0.4) is 0 Å². The summed E-state index contributed by atoms with van der Waals surface area (Å²) in [4.78, 5) is 47.3. The molecule has 9 nitrogen and oxygen atoms in total. The van der Waals surface area contributed by atoms with Crippen LogP contribution >= 0.6 is 11.8 Å². The molecule has 1 fully saturated rings. The number of rotatable bonds is 6. The fourth-order valence-electron chi connectivity index (χ4n) is 2.72. The zero-order valence-corrected chi connectivity index (χ0v) is 17.2. The van der Waals surface area contributed by atoms with Crippen molar-refractivity contribution in [2.24, 2.45) is 0 Å². The van der Waals surface area contributed by atoms with E-state index in [2.05, 4.69) is 0 Å². The molecule has 10 heteroatoms. The number of benzene rings is 1. The minimum Gasteiger partial charge on any atom is -0.455 e. The van der Waals surface area contributed by atoms with Gasteiger partial charge in [-0.2, -0.15) is 0 Å². The van der Waals surface area contributed by atoms with Gasteiger partial charge in [-0.25, -0.2) is 0 Å². The minimum absolute atomic E-state index is 0.651. The number of carbonyl (C=O) groups is 4. The SMILES string of the molecule is CC(=O)O[C@H]1O[C@H](Sc2ccccc2)[C@@H](OC(C)=O)[C@@H](OC(C)=O)[C@@H]1OC(C)=O. The highest BCUT2D eigenvalue weighted by Gasteiger charge is 2.53. The molecule has 1 saturated heterocycles. The fraction of sp³-hybridized carbons (Fsp3) is 0.474. The van der Waals surface area contributed by atoms with E-state index in [9.17, 15) is 19.2 Å². The van der Waals surface area contributed by atoms with E-state index in [0.29, 0.717) is 0 Å². The second-order valence-electron chi connectivity index (χ2n) is 6.14. The Morgan fingerprint density at radius 2 is 1.21 bits per heavy atom. The maximum absolute atomic E-state index is 11.7. The Kier molecular flexibility index (Phi) is 8.03. The molecular weight excluding hydrogens is 404 g/mol. The second-order valence-corrected chi connectivity index (χ2v) is 7.31. The zero-order valence-electron chi connectivity index (χ0n) is 16.4. The average Bonchev–Trinajstić information content (AvgIpc) is 2.60. The Morgan fingerprint density at radius 1 is 0.724 bits per heavy atom. The normalized spacial score (nSPS) is 26.1. The van der Waals surface area contributed by atoms with E-state index in [-0.39, 0.29) is 0 Å². The molecule has 0 aliphatic carbocycles. The van der Waals surface area contributed by atoms with Crippen LogP contribution in [0, 0.1) is 0 Å². The van der Waals surface area contributed by atoms with Crippen molar-refractivity contribution >= 4 is 35.6 Å². The monoisotopic (exact) mass is 426 g/mol. The molecule has 0 amide bonds. The Hall–Kier alpha value is -2.59. The van der Waals surface area contributed by atoms with Gasteiger partial charge in [-0.1, -0.05) is 30.0 Å². The highest BCUT2D eigenvalue weighted by Crippen LogP contribution is 2.37. The molecule has 1 heterocycles. The molecule has 29 heavy (non-hydrogen) atoms. The van der Waals surface area contributed by atoms with Crippen molar-refractivity contribution in [3.05, 3.63) is 30.3 Å².